The summed E-state index contributed by atoms with van der Waals surface area (Å²) in [6.45, 7) is 6.15. The van der Waals surface area contributed by atoms with E-state index in [1.165, 1.54) is 22.4 Å². The summed E-state index contributed by atoms with van der Waals surface area (Å²) in [6.07, 6.45) is 1.92. The van der Waals surface area contributed by atoms with Crippen LogP contribution in [0.3, 0.4) is 0 Å². The monoisotopic (exact) mass is 398 g/mol. The van der Waals surface area contributed by atoms with Crippen LogP contribution in [0, 0.1) is 0 Å². The number of ether oxygens (including phenoxy) is 1. The average Bonchev–Trinajstić information content (AvgIpc) is 2.74. The van der Waals surface area contributed by atoms with Gasteiger partial charge >= 0.3 is 0 Å². The largest absolute Gasteiger partial charge is 0.490 e. The lowest BCUT2D eigenvalue weighted by Gasteiger charge is -2.35. The highest BCUT2D eigenvalue weighted by Gasteiger charge is 2.20. The summed E-state index contributed by atoms with van der Waals surface area (Å²) in [7, 11) is 0. The van der Waals surface area contributed by atoms with Crippen molar-refractivity contribution in [1.82, 2.24) is 9.80 Å². The fourth-order valence-electron chi connectivity index (χ4n) is 3.98. The van der Waals surface area contributed by atoms with E-state index in [0.717, 1.165) is 50.6 Å². The van der Waals surface area contributed by atoms with Crippen molar-refractivity contribution in [2.75, 3.05) is 45.1 Å². The van der Waals surface area contributed by atoms with E-state index in [1.54, 1.807) is 0 Å². The van der Waals surface area contributed by atoms with Crippen LogP contribution in [0.25, 0.3) is 0 Å². The summed E-state index contributed by atoms with van der Waals surface area (Å²) in [6, 6.07) is 16.9. The lowest BCUT2D eigenvalue weighted by Crippen LogP contribution is -2.48. The first kappa shape index (κ1) is 19.8. The molecular formula is C23H30N2O2S. The van der Waals surface area contributed by atoms with Gasteiger partial charge in [-0.2, -0.15) is 0 Å². The maximum Gasteiger partial charge on any atom is 0.133 e. The van der Waals surface area contributed by atoms with E-state index in [0.29, 0.717) is 13.2 Å². The first-order valence-electron chi connectivity index (χ1n) is 10.3. The molecule has 2 aliphatic rings. The number of nitrogens with zero attached hydrogens (tertiary/aromatic N) is 2. The minimum atomic E-state index is -0.454. The van der Waals surface area contributed by atoms with Crippen LogP contribution in [0.15, 0.2) is 53.4 Å². The smallest absolute Gasteiger partial charge is 0.133 e. The molecule has 0 aliphatic carbocycles. The number of aliphatic hydroxyl groups excluding tert-OH is 1. The molecule has 1 fully saturated rings. The first-order valence-corrected chi connectivity index (χ1v) is 11.3. The third kappa shape index (κ3) is 5.29. The van der Waals surface area contributed by atoms with Crippen LogP contribution in [0.1, 0.15) is 17.5 Å². The Bertz CT molecular complexity index is 748. The van der Waals surface area contributed by atoms with Gasteiger partial charge in [0.05, 0.1) is 4.90 Å². The zero-order valence-electron chi connectivity index (χ0n) is 16.4. The van der Waals surface area contributed by atoms with E-state index < -0.39 is 6.10 Å². The Balaban J connectivity index is 1.20. The maximum atomic E-state index is 10.5. The number of hydrogen-bond donors (Lipinski definition) is 1. The highest BCUT2D eigenvalue weighted by atomic mass is 32.2. The molecule has 0 saturated carbocycles. The molecule has 4 nitrogen and oxygen atoms in total. The lowest BCUT2D eigenvalue weighted by molar-refractivity contribution is 0.0439. The third-order valence-electron chi connectivity index (χ3n) is 5.51. The summed E-state index contributed by atoms with van der Waals surface area (Å²) in [5.41, 5.74) is 2.76. The van der Waals surface area contributed by atoms with Crippen molar-refractivity contribution in [3.05, 3.63) is 59.7 Å². The van der Waals surface area contributed by atoms with E-state index in [4.69, 9.17) is 4.74 Å². The molecule has 2 aromatic rings. The zero-order chi connectivity index (χ0) is 19.2. The predicted octanol–water partition coefficient (Wildman–Crippen LogP) is 3.28. The van der Waals surface area contributed by atoms with Gasteiger partial charge in [0.2, 0.25) is 0 Å². The van der Waals surface area contributed by atoms with Gasteiger partial charge < -0.3 is 9.84 Å². The molecule has 150 valence electrons. The number of benzene rings is 2. The van der Waals surface area contributed by atoms with E-state index in [9.17, 15) is 5.11 Å². The van der Waals surface area contributed by atoms with Gasteiger partial charge in [0, 0.05) is 39.3 Å². The first-order chi connectivity index (χ1) is 13.8. The molecule has 1 atom stereocenters. The highest BCUT2D eigenvalue weighted by Crippen LogP contribution is 2.37. The van der Waals surface area contributed by atoms with E-state index in [-0.39, 0.29) is 0 Å². The summed E-state index contributed by atoms with van der Waals surface area (Å²) >= 11 is 1.88. The molecule has 28 heavy (non-hydrogen) atoms. The molecule has 2 heterocycles. The highest BCUT2D eigenvalue weighted by molar-refractivity contribution is 7.99. The van der Waals surface area contributed by atoms with Crippen molar-refractivity contribution in [1.29, 1.82) is 0 Å². The van der Waals surface area contributed by atoms with Gasteiger partial charge in [0.25, 0.3) is 0 Å². The van der Waals surface area contributed by atoms with Crippen LogP contribution in [0.4, 0.5) is 0 Å². The van der Waals surface area contributed by atoms with Gasteiger partial charge in [-0.25, -0.2) is 0 Å². The number of piperazine rings is 1. The third-order valence-corrected chi connectivity index (χ3v) is 6.76. The molecule has 0 amide bonds. The zero-order valence-corrected chi connectivity index (χ0v) is 17.2. The predicted molar refractivity (Wildman–Crippen MR) is 115 cm³/mol. The number of aliphatic hydroxyl groups is 1. The molecule has 5 heteroatoms. The Morgan fingerprint density at radius 1 is 0.964 bits per heavy atom. The molecule has 0 radical (unpaired) electrons. The number of hydrogen-bond acceptors (Lipinski definition) is 5. The van der Waals surface area contributed by atoms with Gasteiger partial charge in [-0.3, -0.25) is 9.80 Å². The minimum Gasteiger partial charge on any atom is -0.490 e. The van der Waals surface area contributed by atoms with Gasteiger partial charge in [-0.05, 0) is 35.8 Å². The lowest BCUT2D eigenvalue weighted by atomic mass is 10.1. The summed E-state index contributed by atoms with van der Waals surface area (Å²) in [4.78, 5) is 6.11. The van der Waals surface area contributed by atoms with Crippen molar-refractivity contribution >= 4 is 11.8 Å². The fraction of sp³-hybridized carbons (Fsp3) is 0.478. The number of rotatable bonds is 7. The second-order valence-corrected chi connectivity index (χ2v) is 8.83. The minimum absolute atomic E-state index is 0.362. The Hall–Kier alpha value is -1.53. The Kier molecular flexibility index (Phi) is 6.91. The number of thioether (sulfide) groups is 1. The van der Waals surface area contributed by atoms with Gasteiger partial charge in [0.1, 0.15) is 18.5 Å². The van der Waals surface area contributed by atoms with Crippen LogP contribution in [-0.4, -0.2) is 66.1 Å². The average molecular weight is 399 g/mol. The Labute approximate surface area is 172 Å². The summed E-state index contributed by atoms with van der Waals surface area (Å²) < 4.78 is 6.00. The molecular weight excluding hydrogens is 368 g/mol. The van der Waals surface area contributed by atoms with Crippen molar-refractivity contribution < 1.29 is 9.84 Å². The van der Waals surface area contributed by atoms with Crippen LogP contribution >= 0.6 is 11.8 Å². The van der Waals surface area contributed by atoms with E-state index >= 15 is 0 Å². The van der Waals surface area contributed by atoms with E-state index in [2.05, 4.69) is 52.3 Å². The molecule has 1 saturated heterocycles. The molecule has 2 aromatic carbocycles. The normalized spacial score (nSPS) is 19.2. The van der Waals surface area contributed by atoms with E-state index in [1.807, 2.05) is 17.8 Å². The summed E-state index contributed by atoms with van der Waals surface area (Å²) in [5.74, 6) is 2.09. The molecule has 1 N–H and O–H groups in total. The van der Waals surface area contributed by atoms with Crippen LogP contribution in [-0.2, 0) is 13.0 Å². The number of β-amino-alcohol motifs (C(OH)–C–C–N with tert-alkyl or cyclic N) is 1. The number of fused-ring (bicyclic) bond motifs is 1. The van der Waals surface area contributed by atoms with Crippen molar-refractivity contribution in [3.8, 4) is 5.75 Å². The molecule has 0 aromatic heterocycles. The number of aryl methyl sites for hydroxylation is 1. The van der Waals surface area contributed by atoms with Gasteiger partial charge in [-0.1, -0.05) is 42.5 Å². The quantitative estimate of drug-likeness (QED) is 0.775. The molecule has 1 unspecified atom stereocenters. The SMILES string of the molecule is OC(COc1cccc2c1SCCC2)CN1CCN(Cc2ccccc2)CC1. The topological polar surface area (TPSA) is 35.9 Å². The Morgan fingerprint density at radius 3 is 2.57 bits per heavy atom. The van der Waals surface area contributed by atoms with Crippen LogP contribution in [0.5, 0.6) is 5.75 Å². The van der Waals surface area contributed by atoms with Crippen LogP contribution in [0.2, 0.25) is 0 Å². The molecule has 4 rings (SSSR count). The molecule has 0 spiro atoms. The summed E-state index contributed by atoms with van der Waals surface area (Å²) in [5, 5.41) is 10.5. The second kappa shape index (κ2) is 9.79. The maximum absolute atomic E-state index is 10.5. The Morgan fingerprint density at radius 2 is 1.75 bits per heavy atom. The van der Waals surface area contributed by atoms with Crippen molar-refractivity contribution in [2.24, 2.45) is 0 Å². The fourth-order valence-corrected chi connectivity index (χ4v) is 5.10. The standard InChI is InChI=1S/C23H30N2O2S/c26-21(18-27-22-10-4-8-20-9-5-15-28-23(20)22)17-25-13-11-24(12-14-25)16-19-6-2-1-3-7-19/h1-4,6-8,10,21,26H,5,9,11-18H2. The van der Waals surface area contributed by atoms with Gasteiger partial charge in [0.15, 0.2) is 0 Å². The van der Waals surface area contributed by atoms with Crippen molar-refractivity contribution in [2.45, 2.75) is 30.4 Å². The van der Waals surface area contributed by atoms with Crippen LogP contribution < -0.4 is 4.74 Å². The van der Waals surface area contributed by atoms with Gasteiger partial charge in [-0.15, -0.1) is 11.8 Å². The van der Waals surface area contributed by atoms with Crippen molar-refractivity contribution in [3.63, 3.8) is 0 Å². The second-order valence-electron chi connectivity index (χ2n) is 7.72. The molecule has 2 aliphatic heterocycles. The molecule has 0 bridgehead atoms.